The summed E-state index contributed by atoms with van der Waals surface area (Å²) in [6.07, 6.45) is 0. The number of rotatable bonds is 3. The third kappa shape index (κ3) is 3.14. The minimum Gasteiger partial charge on any atom is -0.508 e. The topological polar surface area (TPSA) is 32.3 Å². The molecule has 0 saturated heterocycles. The van der Waals surface area contributed by atoms with Crippen LogP contribution in [0.25, 0.3) is 0 Å². The van der Waals surface area contributed by atoms with E-state index in [9.17, 15) is 13.9 Å². The van der Waals surface area contributed by atoms with Gasteiger partial charge < -0.3 is 10.4 Å². The van der Waals surface area contributed by atoms with E-state index in [1.54, 1.807) is 6.92 Å². The van der Waals surface area contributed by atoms with Crippen molar-refractivity contribution in [2.75, 3.05) is 5.32 Å². The first-order valence-electron chi connectivity index (χ1n) is 5.78. The van der Waals surface area contributed by atoms with Gasteiger partial charge in [0, 0.05) is 5.56 Å². The number of phenolic OH excluding ortho intramolecular Hbond substituents is 1. The highest BCUT2D eigenvalue weighted by molar-refractivity contribution is 6.39. The number of halogens is 4. The summed E-state index contributed by atoms with van der Waals surface area (Å²) in [5.74, 6) is -1.07. The van der Waals surface area contributed by atoms with Gasteiger partial charge in [-0.15, -0.1) is 0 Å². The summed E-state index contributed by atoms with van der Waals surface area (Å²) in [6, 6.07) is 5.39. The second-order valence-corrected chi connectivity index (χ2v) is 5.13. The van der Waals surface area contributed by atoms with E-state index in [0.717, 1.165) is 18.2 Å². The van der Waals surface area contributed by atoms with Crippen LogP contribution in [0, 0.1) is 11.6 Å². The van der Waals surface area contributed by atoms with Gasteiger partial charge in [-0.05, 0) is 37.3 Å². The SMILES string of the molecule is CC(Nc1c(Cl)cc(F)cc1Cl)c1cc(F)ccc1O. The summed E-state index contributed by atoms with van der Waals surface area (Å²) in [5.41, 5.74) is 0.673. The van der Waals surface area contributed by atoms with Gasteiger partial charge >= 0.3 is 0 Å². The smallest absolute Gasteiger partial charge is 0.126 e. The highest BCUT2D eigenvalue weighted by Crippen LogP contribution is 2.35. The monoisotopic (exact) mass is 317 g/mol. The number of hydrogen-bond donors (Lipinski definition) is 2. The zero-order valence-corrected chi connectivity index (χ0v) is 11.9. The van der Waals surface area contributed by atoms with Crippen molar-refractivity contribution in [1.29, 1.82) is 0 Å². The van der Waals surface area contributed by atoms with Crippen molar-refractivity contribution in [2.45, 2.75) is 13.0 Å². The summed E-state index contributed by atoms with van der Waals surface area (Å²) in [6.45, 7) is 1.70. The third-order valence-corrected chi connectivity index (χ3v) is 3.42. The Bertz CT molecular complexity index is 626. The molecule has 1 atom stereocenters. The second kappa shape index (κ2) is 5.85. The molecule has 0 spiro atoms. The summed E-state index contributed by atoms with van der Waals surface area (Å²) in [7, 11) is 0. The molecule has 2 rings (SSSR count). The van der Waals surface area contributed by atoms with E-state index in [4.69, 9.17) is 23.2 Å². The molecule has 2 N–H and O–H groups in total. The average Bonchev–Trinajstić information content (AvgIpc) is 2.36. The molecule has 2 aromatic rings. The van der Waals surface area contributed by atoms with Gasteiger partial charge in [0.2, 0.25) is 0 Å². The molecule has 20 heavy (non-hydrogen) atoms. The summed E-state index contributed by atoms with van der Waals surface area (Å²) in [5, 5.41) is 12.9. The third-order valence-electron chi connectivity index (χ3n) is 2.82. The predicted molar refractivity (Wildman–Crippen MR) is 76.5 cm³/mol. The Labute approximate surface area is 125 Å². The van der Waals surface area contributed by atoms with E-state index in [-0.39, 0.29) is 15.8 Å². The normalized spacial score (nSPS) is 12.2. The van der Waals surface area contributed by atoms with Gasteiger partial charge in [-0.1, -0.05) is 23.2 Å². The minimum atomic E-state index is -0.549. The molecular formula is C14H11Cl2F2NO. The fraction of sp³-hybridized carbons (Fsp3) is 0.143. The van der Waals surface area contributed by atoms with E-state index in [1.165, 1.54) is 12.1 Å². The number of anilines is 1. The maximum atomic E-state index is 13.2. The lowest BCUT2D eigenvalue weighted by Gasteiger charge is -2.19. The first-order chi connectivity index (χ1) is 9.38. The lowest BCUT2D eigenvalue weighted by atomic mass is 10.1. The summed E-state index contributed by atoms with van der Waals surface area (Å²) >= 11 is 11.8. The Morgan fingerprint density at radius 1 is 1.05 bits per heavy atom. The Hall–Kier alpha value is -1.52. The highest BCUT2D eigenvalue weighted by atomic mass is 35.5. The summed E-state index contributed by atoms with van der Waals surface area (Å²) < 4.78 is 26.3. The van der Waals surface area contributed by atoms with Crippen molar-refractivity contribution in [1.82, 2.24) is 0 Å². The van der Waals surface area contributed by atoms with Crippen molar-refractivity contribution in [2.24, 2.45) is 0 Å². The number of nitrogens with one attached hydrogen (secondary N) is 1. The maximum absolute atomic E-state index is 13.2. The largest absolute Gasteiger partial charge is 0.508 e. The average molecular weight is 318 g/mol. The van der Waals surface area contributed by atoms with Gasteiger partial charge in [0.05, 0.1) is 21.8 Å². The second-order valence-electron chi connectivity index (χ2n) is 4.31. The van der Waals surface area contributed by atoms with Crippen LogP contribution in [0.4, 0.5) is 14.5 Å². The van der Waals surface area contributed by atoms with E-state index in [2.05, 4.69) is 5.32 Å². The molecule has 0 aromatic heterocycles. The van der Waals surface area contributed by atoms with Crippen molar-refractivity contribution < 1.29 is 13.9 Å². The van der Waals surface area contributed by atoms with Crippen LogP contribution in [0.1, 0.15) is 18.5 Å². The molecule has 0 fully saturated rings. The van der Waals surface area contributed by atoms with E-state index in [1.807, 2.05) is 0 Å². The van der Waals surface area contributed by atoms with Crippen LogP contribution in [0.5, 0.6) is 5.75 Å². The van der Waals surface area contributed by atoms with Crippen molar-refractivity contribution in [3.05, 3.63) is 57.6 Å². The molecule has 6 heteroatoms. The van der Waals surface area contributed by atoms with E-state index >= 15 is 0 Å². The van der Waals surface area contributed by atoms with Gasteiger partial charge in [0.25, 0.3) is 0 Å². The van der Waals surface area contributed by atoms with Crippen molar-refractivity contribution in [3.8, 4) is 5.75 Å². The molecular weight excluding hydrogens is 307 g/mol. The van der Waals surface area contributed by atoms with Crippen molar-refractivity contribution in [3.63, 3.8) is 0 Å². The highest BCUT2D eigenvalue weighted by Gasteiger charge is 2.15. The summed E-state index contributed by atoms with van der Waals surface area (Å²) in [4.78, 5) is 0. The fourth-order valence-corrected chi connectivity index (χ4v) is 2.42. The molecule has 0 amide bonds. The Balaban J connectivity index is 2.32. The Morgan fingerprint density at radius 3 is 2.25 bits per heavy atom. The molecule has 0 aliphatic heterocycles. The van der Waals surface area contributed by atoms with Crippen LogP contribution in [-0.4, -0.2) is 5.11 Å². The van der Waals surface area contributed by atoms with Gasteiger partial charge in [-0.3, -0.25) is 0 Å². The van der Waals surface area contributed by atoms with E-state index < -0.39 is 17.7 Å². The van der Waals surface area contributed by atoms with Crippen LogP contribution in [0.3, 0.4) is 0 Å². The van der Waals surface area contributed by atoms with Crippen LogP contribution >= 0.6 is 23.2 Å². The molecule has 0 bridgehead atoms. The minimum absolute atomic E-state index is 0.0549. The zero-order chi connectivity index (χ0) is 14.9. The molecule has 0 heterocycles. The molecule has 0 aliphatic rings. The first-order valence-corrected chi connectivity index (χ1v) is 6.53. The lowest BCUT2D eigenvalue weighted by molar-refractivity contribution is 0.462. The quantitative estimate of drug-likeness (QED) is 0.820. The number of aromatic hydroxyl groups is 1. The zero-order valence-electron chi connectivity index (χ0n) is 10.4. The van der Waals surface area contributed by atoms with Gasteiger partial charge in [-0.25, -0.2) is 8.78 Å². The van der Waals surface area contributed by atoms with Crippen LogP contribution < -0.4 is 5.32 Å². The fourth-order valence-electron chi connectivity index (χ4n) is 1.85. The Morgan fingerprint density at radius 2 is 1.65 bits per heavy atom. The van der Waals surface area contributed by atoms with Crippen molar-refractivity contribution >= 4 is 28.9 Å². The maximum Gasteiger partial charge on any atom is 0.126 e. The molecule has 0 saturated carbocycles. The molecule has 106 valence electrons. The first kappa shape index (κ1) is 14.9. The standard InChI is InChI=1S/C14H11Cl2F2NO/c1-7(10-4-8(17)2-3-13(10)20)19-14-11(15)5-9(18)6-12(14)16/h2-7,19-20H,1H3. The van der Waals surface area contributed by atoms with Crippen LogP contribution in [-0.2, 0) is 0 Å². The van der Waals surface area contributed by atoms with E-state index in [0.29, 0.717) is 11.3 Å². The van der Waals surface area contributed by atoms with Crippen LogP contribution in [0.2, 0.25) is 10.0 Å². The number of phenols is 1. The van der Waals surface area contributed by atoms with Gasteiger partial charge in [-0.2, -0.15) is 0 Å². The molecule has 0 aliphatic carbocycles. The Kier molecular flexibility index (Phi) is 4.35. The van der Waals surface area contributed by atoms with Gasteiger partial charge in [0.15, 0.2) is 0 Å². The van der Waals surface area contributed by atoms with Crippen LogP contribution in [0.15, 0.2) is 30.3 Å². The molecule has 1 unspecified atom stereocenters. The number of hydrogen-bond acceptors (Lipinski definition) is 2. The number of benzene rings is 2. The predicted octanol–water partition coefficient (Wildman–Crippen LogP) is 5.15. The van der Waals surface area contributed by atoms with Gasteiger partial charge in [0.1, 0.15) is 17.4 Å². The molecule has 2 nitrogen and oxygen atoms in total. The lowest BCUT2D eigenvalue weighted by Crippen LogP contribution is -2.08. The molecule has 2 aromatic carbocycles. The molecule has 0 radical (unpaired) electrons.